The molecule has 7 heteroatoms. The van der Waals surface area contributed by atoms with Gasteiger partial charge in [0.05, 0.1) is 11.9 Å². The number of nitrogens with one attached hydrogen (secondary N) is 1. The average molecular weight is 334 g/mol. The molecule has 1 aromatic heterocycles. The molecule has 24 heavy (non-hydrogen) atoms. The molecule has 1 aliphatic rings. The highest BCUT2D eigenvalue weighted by Crippen LogP contribution is 2.18. The van der Waals surface area contributed by atoms with E-state index in [1.54, 1.807) is 17.2 Å². The lowest BCUT2D eigenvalue weighted by Gasteiger charge is -2.33. The Balaban J connectivity index is 1.88. The number of likely N-dealkylation sites (tertiary alicyclic amines) is 1. The Morgan fingerprint density at radius 3 is 2.71 bits per heavy atom. The van der Waals surface area contributed by atoms with Gasteiger partial charge in [-0.1, -0.05) is 6.92 Å². The van der Waals surface area contributed by atoms with E-state index in [0.29, 0.717) is 44.0 Å². The van der Waals surface area contributed by atoms with Gasteiger partial charge in [0.2, 0.25) is 5.91 Å². The fourth-order valence-corrected chi connectivity index (χ4v) is 2.93. The molecule has 0 spiro atoms. The number of amides is 2. The Labute approximate surface area is 142 Å². The highest BCUT2D eigenvalue weighted by Gasteiger charge is 2.28. The maximum atomic E-state index is 12.6. The molecule has 1 fully saturated rings. The highest BCUT2D eigenvalue weighted by atomic mass is 16.4. The summed E-state index contributed by atoms with van der Waals surface area (Å²) in [5.41, 5.74) is 7.10. The standard InChI is InChI=1S/C17H26N4O3/c1-12-7-9-21(10-8-12)16(22)15(20-17(23)24)4-2-3-14-6-5-13(18)11-19-14/h5-6,11-12,15,20H,2-4,7-10,18H2,1H3,(H,23,24)/t15-/m0/s1. The number of rotatable bonds is 6. The number of nitrogen functional groups attached to an aromatic ring is 1. The van der Waals surface area contributed by atoms with Crippen LogP contribution in [-0.4, -0.2) is 46.1 Å². The van der Waals surface area contributed by atoms with E-state index in [1.165, 1.54) is 0 Å². The van der Waals surface area contributed by atoms with Gasteiger partial charge in [-0.25, -0.2) is 4.79 Å². The van der Waals surface area contributed by atoms with Crippen LogP contribution >= 0.6 is 0 Å². The lowest BCUT2D eigenvalue weighted by molar-refractivity contribution is -0.134. The van der Waals surface area contributed by atoms with Crippen molar-refractivity contribution in [3.63, 3.8) is 0 Å². The summed E-state index contributed by atoms with van der Waals surface area (Å²) in [6.45, 7) is 3.59. The molecule has 4 N–H and O–H groups in total. The van der Waals surface area contributed by atoms with Gasteiger partial charge in [0, 0.05) is 18.8 Å². The van der Waals surface area contributed by atoms with Crippen molar-refractivity contribution in [2.45, 2.75) is 45.1 Å². The van der Waals surface area contributed by atoms with Crippen LogP contribution in [0.1, 0.15) is 38.3 Å². The maximum absolute atomic E-state index is 12.6. The van der Waals surface area contributed by atoms with Gasteiger partial charge in [-0.15, -0.1) is 0 Å². The summed E-state index contributed by atoms with van der Waals surface area (Å²) in [6, 6.07) is 2.95. The van der Waals surface area contributed by atoms with Crippen molar-refractivity contribution in [3.8, 4) is 0 Å². The van der Waals surface area contributed by atoms with Gasteiger partial charge in [-0.05, 0) is 50.2 Å². The zero-order valence-electron chi connectivity index (χ0n) is 14.1. The third-order valence-corrected chi connectivity index (χ3v) is 4.46. The zero-order chi connectivity index (χ0) is 17.5. The van der Waals surface area contributed by atoms with E-state index in [4.69, 9.17) is 10.8 Å². The van der Waals surface area contributed by atoms with Crippen LogP contribution in [0.25, 0.3) is 0 Å². The van der Waals surface area contributed by atoms with Crippen molar-refractivity contribution in [2.75, 3.05) is 18.8 Å². The largest absolute Gasteiger partial charge is 0.465 e. The number of piperidine rings is 1. The first-order valence-electron chi connectivity index (χ1n) is 8.44. The van der Waals surface area contributed by atoms with Crippen molar-refractivity contribution >= 4 is 17.7 Å². The lowest BCUT2D eigenvalue weighted by Crippen LogP contribution is -2.50. The molecule has 0 radical (unpaired) electrons. The number of nitrogens with zero attached hydrogens (tertiary/aromatic N) is 2. The Morgan fingerprint density at radius 1 is 1.42 bits per heavy atom. The van der Waals surface area contributed by atoms with Gasteiger partial charge in [0.15, 0.2) is 0 Å². The normalized spacial score (nSPS) is 16.6. The second-order valence-corrected chi connectivity index (χ2v) is 6.48. The van der Waals surface area contributed by atoms with Crippen LogP contribution in [0.4, 0.5) is 10.5 Å². The zero-order valence-corrected chi connectivity index (χ0v) is 14.1. The van der Waals surface area contributed by atoms with Gasteiger partial charge < -0.3 is 21.1 Å². The van der Waals surface area contributed by atoms with Gasteiger partial charge in [0.1, 0.15) is 6.04 Å². The minimum absolute atomic E-state index is 0.116. The van der Waals surface area contributed by atoms with E-state index >= 15 is 0 Å². The van der Waals surface area contributed by atoms with E-state index in [-0.39, 0.29) is 5.91 Å². The van der Waals surface area contributed by atoms with Crippen LogP contribution in [0.5, 0.6) is 0 Å². The van der Waals surface area contributed by atoms with Gasteiger partial charge >= 0.3 is 6.09 Å². The second-order valence-electron chi connectivity index (χ2n) is 6.48. The molecule has 1 aliphatic heterocycles. The second kappa shape index (κ2) is 8.52. The first-order chi connectivity index (χ1) is 11.5. The fraction of sp³-hybridized carbons (Fsp3) is 0.588. The Hall–Kier alpha value is -2.31. The molecule has 132 valence electrons. The SMILES string of the molecule is CC1CCN(C(=O)[C@H](CCCc2ccc(N)cn2)NC(=O)O)CC1. The van der Waals surface area contributed by atoms with Crippen molar-refractivity contribution < 1.29 is 14.7 Å². The molecule has 2 amide bonds. The quantitative estimate of drug-likeness (QED) is 0.736. The number of aromatic nitrogens is 1. The molecular weight excluding hydrogens is 308 g/mol. The smallest absolute Gasteiger partial charge is 0.405 e. The third kappa shape index (κ3) is 5.40. The number of hydrogen-bond donors (Lipinski definition) is 3. The molecule has 0 aromatic carbocycles. The van der Waals surface area contributed by atoms with E-state index in [1.807, 2.05) is 6.07 Å². The summed E-state index contributed by atoms with van der Waals surface area (Å²) in [4.78, 5) is 29.6. The van der Waals surface area contributed by atoms with E-state index in [2.05, 4.69) is 17.2 Å². The van der Waals surface area contributed by atoms with Gasteiger partial charge in [-0.2, -0.15) is 0 Å². The molecule has 0 aliphatic carbocycles. The Morgan fingerprint density at radius 2 is 2.12 bits per heavy atom. The number of carbonyl (C=O) groups is 2. The molecular formula is C17H26N4O3. The minimum Gasteiger partial charge on any atom is -0.465 e. The lowest BCUT2D eigenvalue weighted by atomic mass is 9.98. The number of carboxylic acid groups (broad SMARTS) is 1. The van der Waals surface area contributed by atoms with Crippen LogP contribution in [-0.2, 0) is 11.2 Å². The van der Waals surface area contributed by atoms with Crippen molar-refractivity contribution in [1.82, 2.24) is 15.2 Å². The number of aryl methyl sites for hydroxylation is 1. The summed E-state index contributed by atoms with van der Waals surface area (Å²) in [5, 5.41) is 11.4. The molecule has 2 heterocycles. The first-order valence-corrected chi connectivity index (χ1v) is 8.44. The average Bonchev–Trinajstić information content (AvgIpc) is 2.55. The molecule has 1 atom stereocenters. The van der Waals surface area contributed by atoms with Crippen molar-refractivity contribution in [3.05, 3.63) is 24.0 Å². The molecule has 0 saturated carbocycles. The molecule has 1 saturated heterocycles. The Bertz CT molecular complexity index is 553. The summed E-state index contributed by atoms with van der Waals surface area (Å²) in [7, 11) is 0. The summed E-state index contributed by atoms with van der Waals surface area (Å²) in [5.74, 6) is 0.506. The van der Waals surface area contributed by atoms with Crippen molar-refractivity contribution in [2.24, 2.45) is 5.92 Å². The van der Waals surface area contributed by atoms with Crippen LogP contribution in [0.2, 0.25) is 0 Å². The predicted molar refractivity (Wildman–Crippen MR) is 91.5 cm³/mol. The monoisotopic (exact) mass is 334 g/mol. The van der Waals surface area contributed by atoms with Gasteiger partial charge in [0.25, 0.3) is 0 Å². The van der Waals surface area contributed by atoms with E-state index in [9.17, 15) is 9.59 Å². The summed E-state index contributed by atoms with van der Waals surface area (Å²) < 4.78 is 0. The van der Waals surface area contributed by atoms with Crippen LogP contribution in [0.3, 0.4) is 0 Å². The molecule has 2 rings (SSSR count). The van der Waals surface area contributed by atoms with Gasteiger partial charge in [-0.3, -0.25) is 9.78 Å². The van der Waals surface area contributed by atoms with Crippen LogP contribution < -0.4 is 11.1 Å². The molecule has 0 unspecified atom stereocenters. The number of anilines is 1. The predicted octanol–water partition coefficient (Wildman–Crippen LogP) is 1.88. The van der Waals surface area contributed by atoms with Crippen LogP contribution in [0, 0.1) is 5.92 Å². The number of hydrogen-bond acceptors (Lipinski definition) is 4. The molecule has 1 aromatic rings. The van der Waals surface area contributed by atoms with Crippen LogP contribution in [0.15, 0.2) is 18.3 Å². The van der Waals surface area contributed by atoms with E-state index in [0.717, 1.165) is 18.5 Å². The molecule has 0 bridgehead atoms. The highest BCUT2D eigenvalue weighted by molar-refractivity contribution is 5.85. The fourth-order valence-electron chi connectivity index (χ4n) is 2.93. The Kier molecular flexibility index (Phi) is 6.40. The topological polar surface area (TPSA) is 109 Å². The van der Waals surface area contributed by atoms with Crippen molar-refractivity contribution in [1.29, 1.82) is 0 Å². The third-order valence-electron chi connectivity index (χ3n) is 4.46. The molecule has 7 nitrogen and oxygen atoms in total. The minimum atomic E-state index is -1.16. The van der Waals surface area contributed by atoms with E-state index < -0.39 is 12.1 Å². The summed E-state index contributed by atoms with van der Waals surface area (Å²) in [6.07, 6.45) is 4.21. The number of carbonyl (C=O) groups excluding carboxylic acids is 1. The number of nitrogens with two attached hydrogens (primary N) is 1. The first kappa shape index (κ1) is 18.0. The number of pyridine rings is 1. The maximum Gasteiger partial charge on any atom is 0.405 e. The summed E-state index contributed by atoms with van der Waals surface area (Å²) >= 11 is 0.